The fraction of sp³-hybridized carbons (Fsp3) is 0.750. The van der Waals surface area contributed by atoms with Crippen LogP contribution in [0.25, 0.3) is 0 Å². The van der Waals surface area contributed by atoms with Crippen LogP contribution in [-0.2, 0) is 11.3 Å². The molecule has 0 radical (unpaired) electrons. The number of hydrogen-bond donors (Lipinski definition) is 1. The minimum Gasteiger partial charge on any atom is -0.383 e. The molecule has 0 aliphatic heterocycles. The van der Waals surface area contributed by atoms with E-state index in [2.05, 4.69) is 21.1 Å². The lowest BCUT2D eigenvalue weighted by Crippen LogP contribution is -2.12. The Hall–Kier alpha value is -1.03. The lowest BCUT2D eigenvalue weighted by atomic mass is 10.3. The zero-order valence-electron chi connectivity index (χ0n) is 10.2. The van der Waals surface area contributed by atoms with Crippen molar-refractivity contribution in [2.24, 2.45) is 5.92 Å². The molecule has 0 amide bonds. The molecule has 1 aromatic heterocycles. The molecule has 1 aliphatic carbocycles. The highest BCUT2D eigenvalue weighted by Crippen LogP contribution is 2.33. The second kappa shape index (κ2) is 5.34. The monoisotopic (exact) mass is 223 g/mol. The van der Waals surface area contributed by atoms with Gasteiger partial charge in [-0.2, -0.15) is 0 Å². The molecule has 4 heteroatoms. The van der Waals surface area contributed by atoms with Crippen LogP contribution >= 0.6 is 0 Å². The smallest absolute Gasteiger partial charge is 0.203 e. The molecule has 1 fully saturated rings. The Bertz CT molecular complexity index is 331. The number of nitrogens with zero attached hydrogens (tertiary/aromatic N) is 2. The number of rotatable bonds is 7. The number of anilines is 1. The summed E-state index contributed by atoms with van der Waals surface area (Å²) in [5.41, 5.74) is 1.08. The van der Waals surface area contributed by atoms with Crippen molar-refractivity contribution in [3.05, 3.63) is 11.9 Å². The van der Waals surface area contributed by atoms with Crippen LogP contribution in [0, 0.1) is 12.8 Å². The van der Waals surface area contributed by atoms with Gasteiger partial charge < -0.3 is 14.6 Å². The molecule has 0 aromatic carbocycles. The van der Waals surface area contributed by atoms with E-state index >= 15 is 0 Å². The Morgan fingerprint density at radius 3 is 3.06 bits per heavy atom. The maximum absolute atomic E-state index is 5.02. The predicted molar refractivity (Wildman–Crippen MR) is 64.7 cm³/mol. The first-order valence-electron chi connectivity index (χ1n) is 6.06. The molecule has 0 unspecified atom stereocenters. The fourth-order valence-corrected chi connectivity index (χ4v) is 1.85. The first-order chi connectivity index (χ1) is 7.79. The van der Waals surface area contributed by atoms with E-state index < -0.39 is 0 Å². The summed E-state index contributed by atoms with van der Waals surface area (Å²) in [7, 11) is 1.71. The summed E-state index contributed by atoms with van der Waals surface area (Å²) in [6.45, 7) is 4.65. The highest BCUT2D eigenvalue weighted by Gasteiger charge is 2.21. The number of aromatic nitrogens is 2. The Kier molecular flexibility index (Phi) is 3.83. The summed E-state index contributed by atoms with van der Waals surface area (Å²) in [5.74, 6) is 1.95. The molecule has 1 aromatic rings. The molecule has 90 valence electrons. The van der Waals surface area contributed by atoms with Gasteiger partial charge in [-0.1, -0.05) is 12.8 Å². The molecule has 0 atom stereocenters. The van der Waals surface area contributed by atoms with Crippen LogP contribution in [0.2, 0.25) is 0 Å². The SMILES string of the molecule is COCCNc1nc(C)cn1CCC1CC1. The summed E-state index contributed by atoms with van der Waals surface area (Å²) in [6, 6.07) is 0. The first kappa shape index (κ1) is 11.5. The van der Waals surface area contributed by atoms with E-state index in [9.17, 15) is 0 Å². The van der Waals surface area contributed by atoms with E-state index in [1.54, 1.807) is 7.11 Å². The number of ether oxygens (including phenoxy) is 1. The van der Waals surface area contributed by atoms with E-state index in [0.29, 0.717) is 6.61 Å². The van der Waals surface area contributed by atoms with Gasteiger partial charge in [0.25, 0.3) is 0 Å². The maximum Gasteiger partial charge on any atom is 0.203 e. The number of nitrogens with one attached hydrogen (secondary N) is 1. The normalized spacial score (nSPS) is 15.4. The Morgan fingerprint density at radius 1 is 1.56 bits per heavy atom. The number of imidazole rings is 1. The topological polar surface area (TPSA) is 39.1 Å². The third-order valence-corrected chi connectivity index (χ3v) is 2.96. The second-order valence-corrected chi connectivity index (χ2v) is 4.55. The lowest BCUT2D eigenvalue weighted by Gasteiger charge is -2.08. The summed E-state index contributed by atoms with van der Waals surface area (Å²) >= 11 is 0. The van der Waals surface area contributed by atoms with Crippen molar-refractivity contribution >= 4 is 5.95 Å². The highest BCUT2D eigenvalue weighted by atomic mass is 16.5. The molecular weight excluding hydrogens is 202 g/mol. The summed E-state index contributed by atoms with van der Waals surface area (Å²) in [5, 5.41) is 3.31. The molecule has 1 saturated carbocycles. The van der Waals surface area contributed by atoms with Gasteiger partial charge in [0.05, 0.1) is 12.3 Å². The molecule has 1 N–H and O–H groups in total. The van der Waals surface area contributed by atoms with Crippen LogP contribution in [-0.4, -0.2) is 29.8 Å². The zero-order chi connectivity index (χ0) is 11.4. The fourth-order valence-electron chi connectivity index (χ4n) is 1.85. The van der Waals surface area contributed by atoms with Gasteiger partial charge in [0.2, 0.25) is 5.95 Å². The van der Waals surface area contributed by atoms with Gasteiger partial charge in [-0.3, -0.25) is 0 Å². The molecule has 16 heavy (non-hydrogen) atoms. The van der Waals surface area contributed by atoms with Gasteiger partial charge in [0.1, 0.15) is 0 Å². The third-order valence-electron chi connectivity index (χ3n) is 2.96. The molecule has 4 nitrogen and oxygen atoms in total. The van der Waals surface area contributed by atoms with Crippen molar-refractivity contribution < 1.29 is 4.74 Å². The van der Waals surface area contributed by atoms with Gasteiger partial charge in [-0.05, 0) is 19.3 Å². The summed E-state index contributed by atoms with van der Waals surface area (Å²) in [4.78, 5) is 4.48. The largest absolute Gasteiger partial charge is 0.383 e. The predicted octanol–water partition coefficient (Wildman–Crippen LogP) is 2.05. The van der Waals surface area contributed by atoms with Crippen LogP contribution in [0.3, 0.4) is 0 Å². The van der Waals surface area contributed by atoms with Gasteiger partial charge in [-0.15, -0.1) is 0 Å². The highest BCUT2D eigenvalue weighted by molar-refractivity contribution is 5.28. The van der Waals surface area contributed by atoms with Crippen molar-refractivity contribution in [3.8, 4) is 0 Å². The van der Waals surface area contributed by atoms with Crippen LogP contribution in [0.15, 0.2) is 6.20 Å². The standard InChI is InChI=1S/C12H21N3O/c1-10-9-15(7-5-11-3-4-11)12(14-10)13-6-8-16-2/h9,11H,3-8H2,1-2H3,(H,13,14). The molecular formula is C12H21N3O. The average molecular weight is 223 g/mol. The van der Waals surface area contributed by atoms with E-state index in [4.69, 9.17) is 4.74 Å². The van der Waals surface area contributed by atoms with E-state index in [0.717, 1.165) is 30.6 Å². The van der Waals surface area contributed by atoms with E-state index in [1.165, 1.54) is 19.3 Å². The maximum atomic E-state index is 5.02. The molecule has 1 heterocycles. The molecule has 0 saturated heterocycles. The average Bonchev–Trinajstić information content (AvgIpc) is 3.01. The van der Waals surface area contributed by atoms with E-state index in [1.807, 2.05) is 6.92 Å². The van der Waals surface area contributed by atoms with Crippen LogP contribution in [0.4, 0.5) is 5.95 Å². The van der Waals surface area contributed by atoms with Crippen LogP contribution in [0.1, 0.15) is 25.0 Å². The molecule has 2 rings (SSSR count). The zero-order valence-corrected chi connectivity index (χ0v) is 10.2. The van der Waals surface area contributed by atoms with Crippen LogP contribution < -0.4 is 5.32 Å². The Morgan fingerprint density at radius 2 is 2.38 bits per heavy atom. The van der Waals surface area contributed by atoms with Gasteiger partial charge >= 0.3 is 0 Å². The number of hydrogen-bond acceptors (Lipinski definition) is 3. The van der Waals surface area contributed by atoms with Gasteiger partial charge in [0.15, 0.2) is 0 Å². The molecule has 1 aliphatic rings. The minimum absolute atomic E-state index is 0.717. The van der Waals surface area contributed by atoms with Gasteiger partial charge in [-0.25, -0.2) is 4.98 Å². The lowest BCUT2D eigenvalue weighted by molar-refractivity contribution is 0.210. The van der Waals surface area contributed by atoms with Crippen molar-refractivity contribution in [1.82, 2.24) is 9.55 Å². The van der Waals surface area contributed by atoms with E-state index in [-0.39, 0.29) is 0 Å². The van der Waals surface area contributed by atoms with Crippen molar-refractivity contribution in [3.63, 3.8) is 0 Å². The van der Waals surface area contributed by atoms with Crippen molar-refractivity contribution in [2.45, 2.75) is 32.7 Å². The first-order valence-corrected chi connectivity index (χ1v) is 6.06. The molecule has 0 bridgehead atoms. The quantitative estimate of drug-likeness (QED) is 0.719. The summed E-state index contributed by atoms with van der Waals surface area (Å²) in [6.07, 6.45) is 6.24. The Labute approximate surface area is 97.0 Å². The Balaban J connectivity index is 1.87. The van der Waals surface area contributed by atoms with Crippen molar-refractivity contribution in [1.29, 1.82) is 0 Å². The third kappa shape index (κ3) is 3.23. The van der Waals surface area contributed by atoms with Crippen LogP contribution in [0.5, 0.6) is 0 Å². The molecule has 0 spiro atoms. The van der Waals surface area contributed by atoms with Gasteiger partial charge in [0, 0.05) is 26.4 Å². The number of aryl methyl sites for hydroxylation is 2. The minimum atomic E-state index is 0.717. The second-order valence-electron chi connectivity index (χ2n) is 4.55. The van der Waals surface area contributed by atoms with Crippen molar-refractivity contribution in [2.75, 3.05) is 25.6 Å². The summed E-state index contributed by atoms with van der Waals surface area (Å²) < 4.78 is 7.24. The number of methoxy groups -OCH3 is 1.